The van der Waals surface area contributed by atoms with Crippen molar-refractivity contribution in [3.63, 3.8) is 0 Å². The van der Waals surface area contributed by atoms with Crippen molar-refractivity contribution in [2.24, 2.45) is 0 Å². The Morgan fingerprint density at radius 3 is 2.33 bits per heavy atom. The number of amides is 1. The van der Waals surface area contributed by atoms with Crippen LogP contribution in [0.2, 0.25) is 0 Å². The summed E-state index contributed by atoms with van der Waals surface area (Å²) in [6.45, 7) is 6.37. The molecule has 0 bridgehead atoms. The number of benzene rings is 2. The van der Waals surface area contributed by atoms with Crippen LogP contribution in [0.1, 0.15) is 28.7 Å². The number of anilines is 3. The highest BCUT2D eigenvalue weighted by Crippen LogP contribution is 2.19. The van der Waals surface area contributed by atoms with Gasteiger partial charge in [-0.05, 0) is 69.3 Å². The lowest BCUT2D eigenvalue weighted by atomic mass is 10.2. The molecule has 6 heteroatoms. The summed E-state index contributed by atoms with van der Waals surface area (Å²) in [5.41, 5.74) is 3.76. The van der Waals surface area contributed by atoms with E-state index in [1.807, 2.05) is 63.2 Å². The average molecular weight is 362 g/mol. The van der Waals surface area contributed by atoms with Crippen LogP contribution in [0.25, 0.3) is 0 Å². The number of aromatic nitrogens is 2. The van der Waals surface area contributed by atoms with Crippen LogP contribution in [0.5, 0.6) is 5.75 Å². The molecular weight excluding hydrogens is 340 g/mol. The fourth-order valence-electron chi connectivity index (χ4n) is 2.65. The van der Waals surface area contributed by atoms with Crippen molar-refractivity contribution >= 4 is 23.2 Å². The summed E-state index contributed by atoms with van der Waals surface area (Å²) in [5, 5.41) is 6.03. The lowest BCUT2D eigenvalue weighted by Gasteiger charge is -2.10. The van der Waals surface area contributed by atoms with Gasteiger partial charge in [-0.25, -0.2) is 9.97 Å². The number of hydrogen-bond acceptors (Lipinski definition) is 5. The molecule has 1 amide bonds. The summed E-state index contributed by atoms with van der Waals surface area (Å²) >= 11 is 0. The lowest BCUT2D eigenvalue weighted by molar-refractivity contribution is 0.102. The quantitative estimate of drug-likeness (QED) is 0.676. The molecule has 1 heterocycles. The molecule has 2 N–H and O–H groups in total. The number of rotatable bonds is 6. The van der Waals surface area contributed by atoms with Gasteiger partial charge in [0.25, 0.3) is 5.91 Å². The molecule has 2 aromatic carbocycles. The predicted molar refractivity (Wildman–Crippen MR) is 107 cm³/mol. The number of hydrogen-bond donors (Lipinski definition) is 2. The largest absolute Gasteiger partial charge is 0.494 e. The molecule has 0 atom stereocenters. The third-order valence-corrected chi connectivity index (χ3v) is 3.79. The highest BCUT2D eigenvalue weighted by Gasteiger charge is 2.08. The Morgan fingerprint density at radius 1 is 0.963 bits per heavy atom. The van der Waals surface area contributed by atoms with Gasteiger partial charge in [-0.1, -0.05) is 6.07 Å². The zero-order valence-corrected chi connectivity index (χ0v) is 15.6. The van der Waals surface area contributed by atoms with Crippen LogP contribution in [0.4, 0.5) is 17.3 Å². The normalized spacial score (nSPS) is 10.3. The molecule has 0 aliphatic rings. The highest BCUT2D eigenvalue weighted by atomic mass is 16.5. The van der Waals surface area contributed by atoms with E-state index in [0.717, 1.165) is 22.8 Å². The minimum atomic E-state index is -0.191. The first-order valence-corrected chi connectivity index (χ1v) is 8.77. The maximum atomic E-state index is 12.5. The van der Waals surface area contributed by atoms with Gasteiger partial charge < -0.3 is 15.4 Å². The van der Waals surface area contributed by atoms with Crippen molar-refractivity contribution in [1.82, 2.24) is 9.97 Å². The Kier molecular flexibility index (Phi) is 5.66. The second-order valence-electron chi connectivity index (χ2n) is 6.09. The minimum absolute atomic E-state index is 0.191. The molecule has 0 fully saturated rings. The maximum absolute atomic E-state index is 12.5. The van der Waals surface area contributed by atoms with E-state index in [0.29, 0.717) is 23.8 Å². The first-order valence-electron chi connectivity index (χ1n) is 8.77. The van der Waals surface area contributed by atoms with Gasteiger partial charge >= 0.3 is 0 Å². The van der Waals surface area contributed by atoms with E-state index in [9.17, 15) is 4.79 Å². The van der Waals surface area contributed by atoms with Gasteiger partial charge in [-0.15, -0.1) is 0 Å². The number of carbonyl (C=O) groups is 1. The Labute approximate surface area is 158 Å². The van der Waals surface area contributed by atoms with Gasteiger partial charge in [0.05, 0.1) is 6.61 Å². The van der Waals surface area contributed by atoms with Crippen molar-refractivity contribution in [3.05, 3.63) is 71.5 Å². The summed E-state index contributed by atoms with van der Waals surface area (Å²) in [6, 6.07) is 16.4. The van der Waals surface area contributed by atoms with E-state index in [1.54, 1.807) is 12.1 Å². The topological polar surface area (TPSA) is 76.1 Å². The van der Waals surface area contributed by atoms with Crippen LogP contribution in [0.3, 0.4) is 0 Å². The maximum Gasteiger partial charge on any atom is 0.255 e. The van der Waals surface area contributed by atoms with E-state index in [2.05, 4.69) is 20.6 Å². The molecular formula is C21H22N4O2. The summed E-state index contributed by atoms with van der Waals surface area (Å²) < 4.78 is 5.41. The van der Waals surface area contributed by atoms with Crippen LogP contribution in [-0.4, -0.2) is 22.5 Å². The van der Waals surface area contributed by atoms with Crippen molar-refractivity contribution in [2.45, 2.75) is 20.8 Å². The SMILES string of the molecule is CCOc1ccc(NC(=O)c2cccc(Nc3nc(C)cc(C)n3)c2)cc1. The molecule has 6 nitrogen and oxygen atoms in total. The third-order valence-electron chi connectivity index (χ3n) is 3.79. The molecule has 0 radical (unpaired) electrons. The lowest BCUT2D eigenvalue weighted by Crippen LogP contribution is -2.12. The number of carbonyl (C=O) groups excluding carboxylic acids is 1. The highest BCUT2D eigenvalue weighted by molar-refractivity contribution is 6.04. The van der Waals surface area contributed by atoms with Gasteiger partial charge in [-0.2, -0.15) is 0 Å². The first-order chi connectivity index (χ1) is 13.0. The van der Waals surface area contributed by atoms with Crippen LogP contribution in [0, 0.1) is 13.8 Å². The molecule has 0 aliphatic carbocycles. The minimum Gasteiger partial charge on any atom is -0.494 e. The molecule has 1 aromatic heterocycles. The third kappa shape index (κ3) is 5.04. The number of aryl methyl sites for hydroxylation is 2. The van der Waals surface area contributed by atoms with E-state index in [4.69, 9.17) is 4.74 Å². The Morgan fingerprint density at radius 2 is 1.67 bits per heavy atom. The fourth-order valence-corrected chi connectivity index (χ4v) is 2.65. The van der Waals surface area contributed by atoms with Crippen LogP contribution < -0.4 is 15.4 Å². The van der Waals surface area contributed by atoms with E-state index in [1.165, 1.54) is 0 Å². The Hall–Kier alpha value is -3.41. The monoisotopic (exact) mass is 362 g/mol. The molecule has 138 valence electrons. The smallest absolute Gasteiger partial charge is 0.255 e. The first kappa shape index (κ1) is 18.4. The number of nitrogens with zero attached hydrogens (tertiary/aromatic N) is 2. The molecule has 0 unspecified atom stereocenters. The zero-order chi connectivity index (χ0) is 19.2. The molecule has 0 saturated heterocycles. The van der Waals surface area contributed by atoms with Crippen LogP contribution in [-0.2, 0) is 0 Å². The summed E-state index contributed by atoms with van der Waals surface area (Å²) in [6.07, 6.45) is 0. The summed E-state index contributed by atoms with van der Waals surface area (Å²) in [4.78, 5) is 21.3. The van der Waals surface area contributed by atoms with E-state index in [-0.39, 0.29) is 5.91 Å². The molecule has 3 rings (SSSR count). The predicted octanol–water partition coefficient (Wildman–Crippen LogP) is 4.49. The van der Waals surface area contributed by atoms with E-state index < -0.39 is 0 Å². The number of ether oxygens (including phenoxy) is 1. The second kappa shape index (κ2) is 8.31. The molecule has 27 heavy (non-hydrogen) atoms. The van der Waals surface area contributed by atoms with Crippen molar-refractivity contribution < 1.29 is 9.53 Å². The Bertz CT molecular complexity index is 919. The van der Waals surface area contributed by atoms with Gasteiger partial charge in [0.15, 0.2) is 0 Å². The molecule has 0 saturated carbocycles. The van der Waals surface area contributed by atoms with Crippen molar-refractivity contribution in [1.29, 1.82) is 0 Å². The van der Waals surface area contributed by atoms with E-state index >= 15 is 0 Å². The summed E-state index contributed by atoms with van der Waals surface area (Å²) in [7, 11) is 0. The van der Waals surface area contributed by atoms with Gasteiger partial charge in [0, 0.05) is 28.3 Å². The van der Waals surface area contributed by atoms with Crippen molar-refractivity contribution in [2.75, 3.05) is 17.2 Å². The Balaban J connectivity index is 1.71. The average Bonchev–Trinajstić information content (AvgIpc) is 2.63. The molecule has 3 aromatic rings. The molecule has 0 aliphatic heterocycles. The van der Waals surface area contributed by atoms with Gasteiger partial charge in [0.2, 0.25) is 5.95 Å². The van der Waals surface area contributed by atoms with Gasteiger partial charge in [0.1, 0.15) is 5.75 Å². The van der Waals surface area contributed by atoms with Crippen LogP contribution in [0.15, 0.2) is 54.6 Å². The fraction of sp³-hybridized carbons (Fsp3) is 0.190. The van der Waals surface area contributed by atoms with Crippen LogP contribution >= 0.6 is 0 Å². The second-order valence-corrected chi connectivity index (χ2v) is 6.09. The summed E-state index contributed by atoms with van der Waals surface area (Å²) in [5.74, 6) is 1.09. The standard InChI is InChI=1S/C21H22N4O2/c1-4-27-19-10-8-17(9-11-19)24-20(26)16-6-5-7-18(13-16)25-21-22-14(2)12-15(3)23-21/h5-13H,4H2,1-3H3,(H,24,26)(H,22,23,25). The van der Waals surface area contributed by atoms with Gasteiger partial charge in [-0.3, -0.25) is 4.79 Å². The number of nitrogens with one attached hydrogen (secondary N) is 2. The zero-order valence-electron chi connectivity index (χ0n) is 15.6. The molecule has 0 spiro atoms. The van der Waals surface area contributed by atoms with Crippen molar-refractivity contribution in [3.8, 4) is 5.75 Å².